The second-order valence-electron chi connectivity index (χ2n) is 16.7. The van der Waals surface area contributed by atoms with E-state index in [2.05, 4.69) is 0 Å². The van der Waals surface area contributed by atoms with E-state index in [0.29, 0.717) is 54.4 Å². The van der Waals surface area contributed by atoms with Gasteiger partial charge in [0.2, 0.25) is 0 Å². The zero-order valence-electron chi connectivity index (χ0n) is 42.3. The quantitative estimate of drug-likeness (QED) is 0.0920. The second kappa shape index (κ2) is 27.2. The first-order valence-electron chi connectivity index (χ1n) is 22.4. The molecular formula is C45H54F6N2O24. The highest BCUT2D eigenvalue weighted by Crippen LogP contribution is 2.42. The predicted octanol–water partition coefficient (Wildman–Crippen LogP) is 0.784. The molecule has 0 aliphatic carbocycles. The molecule has 2 amide bonds. The number of hydrogen-bond acceptors (Lipinski definition) is 24. The van der Waals surface area contributed by atoms with Crippen molar-refractivity contribution in [2.75, 3.05) is 27.4 Å². The van der Waals surface area contributed by atoms with Gasteiger partial charge < -0.3 is 72.2 Å². The first-order valence-corrected chi connectivity index (χ1v) is 22.4. The summed E-state index contributed by atoms with van der Waals surface area (Å²) in [4.78, 5) is 143. The molecule has 2 fully saturated rings. The minimum absolute atomic E-state index is 0.345. The third kappa shape index (κ3) is 18.2. The minimum Gasteiger partial charge on any atom is -0.465 e. The van der Waals surface area contributed by atoms with Crippen LogP contribution in [0.4, 0.5) is 26.3 Å². The van der Waals surface area contributed by atoms with E-state index in [1.54, 1.807) is 6.07 Å². The molecule has 77 heavy (non-hydrogen) atoms. The van der Waals surface area contributed by atoms with Crippen LogP contribution in [0.2, 0.25) is 0 Å². The summed E-state index contributed by atoms with van der Waals surface area (Å²) in [6.45, 7) is 2.26. The van der Waals surface area contributed by atoms with Gasteiger partial charge >= 0.3 is 83.7 Å². The van der Waals surface area contributed by atoms with E-state index in [9.17, 15) is 79.1 Å². The van der Waals surface area contributed by atoms with Crippen molar-refractivity contribution in [2.24, 2.45) is 0 Å². The van der Waals surface area contributed by atoms with E-state index < -0.39 is 183 Å². The van der Waals surface area contributed by atoms with Crippen LogP contribution < -0.4 is 10.6 Å². The maximum Gasteiger partial charge on any atom is 0.471 e. The molecule has 0 aromatic heterocycles. The Labute approximate surface area is 432 Å². The Bertz CT molecular complexity index is 2340. The van der Waals surface area contributed by atoms with E-state index in [1.165, 1.54) is 34.9 Å². The lowest BCUT2D eigenvalue weighted by atomic mass is 9.86. The third-order valence-electron chi connectivity index (χ3n) is 10.6. The van der Waals surface area contributed by atoms with Gasteiger partial charge in [-0.25, -0.2) is 9.59 Å². The molecule has 1 aromatic rings. The lowest BCUT2D eigenvalue weighted by molar-refractivity contribution is -0.346. The van der Waals surface area contributed by atoms with Crippen LogP contribution in [0.3, 0.4) is 0 Å². The van der Waals surface area contributed by atoms with E-state index in [0.717, 1.165) is 13.8 Å². The SMILES string of the molecule is COC(=O)[C@@]1(O[C@H](COCc2ccccc2)[C@@H](OC(C)=O)[C@@H]2O[C@@](OC(C)=O)(C(=O)OC)C[C@H](OC(C)=O)[C@H]2NC(=O)C(F)(F)F)C[C@H](OC(C)=O)[C@@H](NC(=O)C(F)(F)F)[C@H]([C@H](OC(C)=O)[C@@H](COC(C)=O)OC(C)=O)O1. The molecule has 2 N–H and O–H groups in total. The molecular weight excluding hydrogens is 1070 g/mol. The van der Waals surface area contributed by atoms with Crippen LogP contribution in [0.1, 0.15) is 66.9 Å². The molecule has 0 radical (unpaired) electrons. The van der Waals surface area contributed by atoms with Crippen LogP contribution in [0.25, 0.3) is 0 Å². The van der Waals surface area contributed by atoms with Crippen molar-refractivity contribution in [3.63, 3.8) is 0 Å². The molecule has 0 unspecified atom stereocenters. The molecule has 2 saturated heterocycles. The van der Waals surface area contributed by atoms with Gasteiger partial charge in [0, 0.05) is 48.5 Å². The number of halogens is 6. The summed E-state index contributed by atoms with van der Waals surface area (Å²) in [6, 6.07) is 2.61. The van der Waals surface area contributed by atoms with Gasteiger partial charge in [0.25, 0.3) is 5.79 Å². The van der Waals surface area contributed by atoms with Gasteiger partial charge in [-0.3, -0.25) is 43.2 Å². The average molecular weight is 1120 g/mol. The van der Waals surface area contributed by atoms with Crippen LogP contribution >= 0.6 is 0 Å². The van der Waals surface area contributed by atoms with Gasteiger partial charge in [0.05, 0.1) is 52.4 Å². The normalized spacial score (nSPS) is 24.8. The number of amides is 2. The number of nitrogens with one attached hydrogen (secondary N) is 2. The number of carbonyl (C=O) groups is 11. The molecule has 1 aromatic carbocycles. The number of carbonyl (C=O) groups excluding carboxylic acids is 11. The molecule has 32 heteroatoms. The summed E-state index contributed by atoms with van der Waals surface area (Å²) < 4.78 is 156. The Balaban J connectivity index is 2.62. The van der Waals surface area contributed by atoms with Crippen molar-refractivity contribution in [1.29, 1.82) is 0 Å². The topological polar surface area (TPSA) is 332 Å². The zero-order chi connectivity index (χ0) is 58.4. The van der Waals surface area contributed by atoms with Crippen LogP contribution in [0, 0.1) is 0 Å². The summed E-state index contributed by atoms with van der Waals surface area (Å²) in [6.07, 6.45) is -34.2. The number of benzene rings is 1. The Morgan fingerprint density at radius 3 is 1.40 bits per heavy atom. The van der Waals surface area contributed by atoms with E-state index in [1.807, 2.05) is 0 Å². The molecule has 12 atom stereocenters. The summed E-state index contributed by atoms with van der Waals surface area (Å²) in [5.41, 5.74) is 0.345. The summed E-state index contributed by atoms with van der Waals surface area (Å²) in [5.74, 6) is -25.1. The molecule has 26 nitrogen and oxygen atoms in total. The van der Waals surface area contributed by atoms with Gasteiger partial charge in [0.15, 0.2) is 18.3 Å². The van der Waals surface area contributed by atoms with Gasteiger partial charge in [-0.1, -0.05) is 30.3 Å². The van der Waals surface area contributed by atoms with E-state index in [4.69, 9.17) is 61.6 Å². The highest BCUT2D eigenvalue weighted by Gasteiger charge is 2.65. The van der Waals surface area contributed by atoms with Crippen LogP contribution in [0.5, 0.6) is 0 Å². The Morgan fingerprint density at radius 1 is 0.571 bits per heavy atom. The molecule has 0 saturated carbocycles. The lowest BCUT2D eigenvalue weighted by Gasteiger charge is -2.51. The molecule has 3 rings (SSSR count). The molecule has 2 aliphatic heterocycles. The number of ether oxygens (including phenoxy) is 13. The Morgan fingerprint density at radius 2 is 1.00 bits per heavy atom. The Hall–Kier alpha value is -7.19. The summed E-state index contributed by atoms with van der Waals surface area (Å²) in [7, 11) is 1.35. The fourth-order valence-electron chi connectivity index (χ4n) is 7.95. The Kier molecular flexibility index (Phi) is 22.7. The van der Waals surface area contributed by atoms with Crippen molar-refractivity contribution in [3.8, 4) is 0 Å². The van der Waals surface area contributed by atoms with Crippen LogP contribution in [-0.4, -0.2) is 178 Å². The lowest BCUT2D eigenvalue weighted by Crippen LogP contribution is -2.72. The molecule has 430 valence electrons. The standard InChI is InChI=1S/C45H54F6N2O24/c1-20(54)68-19-30(71-23(4)57)34(72-24(5)58)36-32(52-38(61)44(46,47)48)29(70-22(3)56)16-43(77-36,41(64)66-9)75-31(18-67-17-27-13-11-10-12-14-27)35(73-25(6)59)37-33(53-39(62)45(49,50)51)28(69-21(2)55)15-42(76-37,40(63)65-8)74-26(7)60/h10-14,28-37H,15-19H2,1-9H3,(H,52,61)(H,53,62)/t28-,29-,30+,31+,32+,33+,34+,35+,36+,37+,42+,43+/m0/s1. The third-order valence-corrected chi connectivity index (χ3v) is 10.6. The molecule has 0 bridgehead atoms. The van der Waals surface area contributed by atoms with Crippen molar-refractivity contribution in [2.45, 2.75) is 153 Å². The van der Waals surface area contributed by atoms with Gasteiger partial charge in [0.1, 0.15) is 37.1 Å². The maximum absolute atomic E-state index is 14.6. The number of rotatable bonds is 22. The molecule has 0 spiro atoms. The smallest absolute Gasteiger partial charge is 0.465 e. The number of methoxy groups -OCH3 is 2. The fraction of sp³-hybridized carbons (Fsp3) is 0.622. The number of alkyl halides is 6. The van der Waals surface area contributed by atoms with Crippen LogP contribution in [0.15, 0.2) is 30.3 Å². The summed E-state index contributed by atoms with van der Waals surface area (Å²) >= 11 is 0. The van der Waals surface area contributed by atoms with E-state index >= 15 is 0 Å². The zero-order valence-corrected chi connectivity index (χ0v) is 42.3. The average Bonchev–Trinajstić information content (AvgIpc) is 3.30. The predicted molar refractivity (Wildman–Crippen MR) is 232 cm³/mol. The van der Waals surface area contributed by atoms with Crippen molar-refractivity contribution in [1.82, 2.24) is 10.6 Å². The number of hydrogen-bond donors (Lipinski definition) is 2. The largest absolute Gasteiger partial charge is 0.471 e. The monoisotopic (exact) mass is 1120 g/mol. The first-order chi connectivity index (χ1) is 35.7. The van der Waals surface area contributed by atoms with Gasteiger partial charge in [-0.05, 0) is 5.56 Å². The highest BCUT2D eigenvalue weighted by atomic mass is 19.4. The van der Waals surface area contributed by atoms with Crippen molar-refractivity contribution < 1.29 is 141 Å². The van der Waals surface area contributed by atoms with Gasteiger partial charge in [-0.2, -0.15) is 26.3 Å². The van der Waals surface area contributed by atoms with Crippen molar-refractivity contribution in [3.05, 3.63) is 35.9 Å². The van der Waals surface area contributed by atoms with Crippen LogP contribution in [-0.2, 0) is 121 Å². The highest BCUT2D eigenvalue weighted by molar-refractivity contribution is 5.84. The first kappa shape index (κ1) is 64.1. The minimum atomic E-state index is -5.79. The second-order valence-corrected chi connectivity index (χ2v) is 16.7. The van der Waals surface area contributed by atoms with E-state index in [-0.39, 0.29) is 0 Å². The number of esters is 9. The summed E-state index contributed by atoms with van der Waals surface area (Å²) in [5, 5.41) is 3.02. The molecule has 2 heterocycles. The molecule has 2 aliphatic rings. The maximum atomic E-state index is 14.6. The fourth-order valence-corrected chi connectivity index (χ4v) is 7.95. The van der Waals surface area contributed by atoms with Crippen molar-refractivity contribution >= 4 is 65.5 Å². The van der Waals surface area contributed by atoms with Gasteiger partial charge in [-0.15, -0.1) is 0 Å².